The molecule has 1 aromatic rings. The molecule has 1 heteroatoms. The normalized spacial score (nSPS) is 10.0. The standard InChI is InChI=1S/C15H17N/c1-4-6-10-14(3)16(13-5-2)15-11-8-7-9-12-15/h4-12H,1-3,13H2/b10-6-. The molecule has 0 aliphatic carbocycles. The van der Waals surface area contributed by atoms with Gasteiger partial charge in [-0.05, 0) is 18.2 Å². The molecule has 0 amide bonds. The van der Waals surface area contributed by atoms with Gasteiger partial charge in [-0.2, -0.15) is 0 Å². The number of para-hydroxylation sites is 1. The first-order valence-corrected chi connectivity index (χ1v) is 5.21. The maximum absolute atomic E-state index is 4.03. The summed E-state index contributed by atoms with van der Waals surface area (Å²) in [6.07, 6.45) is 7.41. The van der Waals surface area contributed by atoms with Gasteiger partial charge in [0, 0.05) is 17.9 Å². The number of nitrogens with zero attached hydrogens (tertiary/aromatic N) is 1. The van der Waals surface area contributed by atoms with Gasteiger partial charge >= 0.3 is 0 Å². The Kier molecular flexibility index (Phi) is 4.87. The molecule has 0 atom stereocenters. The van der Waals surface area contributed by atoms with Crippen molar-refractivity contribution in [2.45, 2.75) is 0 Å². The van der Waals surface area contributed by atoms with Crippen LogP contribution in [0.15, 0.2) is 80.1 Å². The molecular formula is C15H17N. The monoisotopic (exact) mass is 211 g/mol. The zero-order valence-corrected chi connectivity index (χ0v) is 9.47. The molecule has 0 spiro atoms. The third kappa shape index (κ3) is 3.28. The largest absolute Gasteiger partial charge is 0.338 e. The topological polar surface area (TPSA) is 3.24 Å². The van der Waals surface area contributed by atoms with Crippen LogP contribution in [-0.4, -0.2) is 6.54 Å². The van der Waals surface area contributed by atoms with Crippen molar-refractivity contribution >= 4 is 5.69 Å². The summed E-state index contributed by atoms with van der Waals surface area (Å²) in [4.78, 5) is 2.09. The lowest BCUT2D eigenvalue weighted by Gasteiger charge is -2.23. The molecule has 0 fully saturated rings. The van der Waals surface area contributed by atoms with E-state index in [2.05, 4.69) is 36.8 Å². The second-order valence-corrected chi connectivity index (χ2v) is 3.32. The lowest BCUT2D eigenvalue weighted by atomic mass is 10.2. The Labute approximate surface area is 97.7 Å². The number of benzene rings is 1. The molecule has 0 N–H and O–H groups in total. The van der Waals surface area contributed by atoms with Crippen LogP contribution in [0.1, 0.15) is 0 Å². The molecule has 0 aliphatic heterocycles. The molecular weight excluding hydrogens is 194 g/mol. The molecule has 0 unspecified atom stereocenters. The van der Waals surface area contributed by atoms with Crippen molar-refractivity contribution in [2.75, 3.05) is 11.4 Å². The highest BCUT2D eigenvalue weighted by Crippen LogP contribution is 2.18. The second-order valence-electron chi connectivity index (χ2n) is 3.32. The van der Waals surface area contributed by atoms with Crippen molar-refractivity contribution < 1.29 is 0 Å². The van der Waals surface area contributed by atoms with Crippen molar-refractivity contribution in [3.63, 3.8) is 0 Å². The van der Waals surface area contributed by atoms with Gasteiger partial charge < -0.3 is 4.90 Å². The van der Waals surface area contributed by atoms with Gasteiger partial charge in [0.15, 0.2) is 0 Å². The maximum atomic E-state index is 4.03. The summed E-state index contributed by atoms with van der Waals surface area (Å²) in [5, 5.41) is 0. The molecule has 0 aliphatic rings. The molecule has 1 nitrogen and oxygen atoms in total. The van der Waals surface area contributed by atoms with Gasteiger partial charge in [-0.1, -0.05) is 49.6 Å². The highest BCUT2D eigenvalue weighted by molar-refractivity contribution is 5.54. The van der Waals surface area contributed by atoms with E-state index in [0.717, 1.165) is 17.9 Å². The Morgan fingerprint density at radius 2 is 1.88 bits per heavy atom. The number of hydrogen-bond acceptors (Lipinski definition) is 1. The molecule has 0 heterocycles. The minimum atomic E-state index is 0.740. The lowest BCUT2D eigenvalue weighted by molar-refractivity contribution is 1.05. The van der Waals surface area contributed by atoms with Gasteiger partial charge in [0.2, 0.25) is 0 Å². The van der Waals surface area contributed by atoms with Crippen LogP contribution in [0.3, 0.4) is 0 Å². The van der Waals surface area contributed by atoms with E-state index in [1.54, 1.807) is 6.08 Å². The van der Waals surface area contributed by atoms with E-state index < -0.39 is 0 Å². The van der Waals surface area contributed by atoms with Crippen molar-refractivity contribution in [3.05, 3.63) is 80.1 Å². The first-order valence-electron chi connectivity index (χ1n) is 5.21. The summed E-state index contributed by atoms with van der Waals surface area (Å²) in [5.74, 6) is 0. The highest BCUT2D eigenvalue weighted by Gasteiger charge is 2.04. The Hall–Kier alpha value is -2.02. The number of anilines is 1. The summed E-state index contributed by atoms with van der Waals surface area (Å²) in [6.45, 7) is 12.2. The molecule has 0 bridgehead atoms. The van der Waals surface area contributed by atoms with Gasteiger partial charge in [-0.25, -0.2) is 0 Å². The summed E-state index contributed by atoms with van der Waals surface area (Å²) >= 11 is 0. The van der Waals surface area contributed by atoms with Crippen molar-refractivity contribution in [3.8, 4) is 0 Å². The molecule has 1 aromatic carbocycles. The van der Waals surface area contributed by atoms with E-state index in [1.807, 2.05) is 36.4 Å². The summed E-state index contributed by atoms with van der Waals surface area (Å²) in [7, 11) is 0. The van der Waals surface area contributed by atoms with E-state index in [9.17, 15) is 0 Å². The Morgan fingerprint density at radius 3 is 2.44 bits per heavy atom. The number of hydrogen-bond donors (Lipinski definition) is 0. The SMILES string of the molecule is C=C/C=C\C(=C)N(CC=C)c1ccccc1. The first kappa shape index (κ1) is 12.1. The summed E-state index contributed by atoms with van der Waals surface area (Å²) in [6, 6.07) is 10.1. The molecule has 0 radical (unpaired) electrons. The fraction of sp³-hybridized carbons (Fsp3) is 0.0667. The maximum Gasteiger partial charge on any atom is 0.0413 e. The Bertz CT molecular complexity index is 387. The average molecular weight is 211 g/mol. The molecule has 0 aromatic heterocycles. The van der Waals surface area contributed by atoms with Crippen molar-refractivity contribution in [2.24, 2.45) is 0 Å². The minimum absolute atomic E-state index is 0.740. The predicted molar refractivity (Wildman–Crippen MR) is 72.5 cm³/mol. The van der Waals surface area contributed by atoms with E-state index in [0.29, 0.717) is 0 Å². The van der Waals surface area contributed by atoms with Crippen LogP contribution in [0.4, 0.5) is 5.69 Å². The smallest absolute Gasteiger partial charge is 0.0413 e. The molecule has 82 valence electrons. The zero-order chi connectivity index (χ0) is 11.8. The summed E-state index contributed by atoms with van der Waals surface area (Å²) in [5.41, 5.74) is 2.03. The first-order chi connectivity index (χ1) is 7.79. The van der Waals surface area contributed by atoms with Gasteiger partial charge in [0.05, 0.1) is 0 Å². The second kappa shape index (κ2) is 6.46. The van der Waals surface area contributed by atoms with Crippen LogP contribution in [0.5, 0.6) is 0 Å². The molecule has 16 heavy (non-hydrogen) atoms. The lowest BCUT2D eigenvalue weighted by Crippen LogP contribution is -2.20. The highest BCUT2D eigenvalue weighted by atomic mass is 15.1. The van der Waals surface area contributed by atoms with Gasteiger partial charge in [-0.3, -0.25) is 0 Å². The number of allylic oxidation sites excluding steroid dienone is 3. The Balaban J connectivity index is 2.91. The fourth-order valence-electron chi connectivity index (χ4n) is 1.39. The van der Waals surface area contributed by atoms with Crippen molar-refractivity contribution in [1.29, 1.82) is 0 Å². The molecule has 1 rings (SSSR count). The van der Waals surface area contributed by atoms with Gasteiger partial charge in [-0.15, -0.1) is 6.58 Å². The van der Waals surface area contributed by atoms with E-state index in [1.165, 1.54) is 0 Å². The average Bonchev–Trinajstić information content (AvgIpc) is 2.34. The molecule has 0 saturated carbocycles. The van der Waals surface area contributed by atoms with Crippen LogP contribution >= 0.6 is 0 Å². The predicted octanol–water partition coefficient (Wildman–Crippen LogP) is 3.93. The minimum Gasteiger partial charge on any atom is -0.338 e. The fourth-order valence-corrected chi connectivity index (χ4v) is 1.39. The third-order valence-electron chi connectivity index (χ3n) is 2.15. The zero-order valence-electron chi connectivity index (χ0n) is 9.47. The van der Waals surface area contributed by atoms with Crippen molar-refractivity contribution in [1.82, 2.24) is 0 Å². The van der Waals surface area contributed by atoms with Crippen LogP contribution < -0.4 is 4.90 Å². The van der Waals surface area contributed by atoms with E-state index in [-0.39, 0.29) is 0 Å². The quantitative estimate of drug-likeness (QED) is 0.509. The van der Waals surface area contributed by atoms with E-state index >= 15 is 0 Å². The third-order valence-corrected chi connectivity index (χ3v) is 2.15. The molecule has 0 saturated heterocycles. The van der Waals surface area contributed by atoms with Gasteiger partial charge in [0.1, 0.15) is 0 Å². The Morgan fingerprint density at radius 1 is 1.19 bits per heavy atom. The van der Waals surface area contributed by atoms with Crippen LogP contribution in [0.2, 0.25) is 0 Å². The van der Waals surface area contributed by atoms with Crippen LogP contribution in [-0.2, 0) is 0 Å². The van der Waals surface area contributed by atoms with Crippen LogP contribution in [0.25, 0.3) is 0 Å². The van der Waals surface area contributed by atoms with Crippen LogP contribution in [0, 0.1) is 0 Å². The summed E-state index contributed by atoms with van der Waals surface area (Å²) < 4.78 is 0. The number of rotatable bonds is 6. The van der Waals surface area contributed by atoms with E-state index in [4.69, 9.17) is 0 Å². The van der Waals surface area contributed by atoms with Gasteiger partial charge in [0.25, 0.3) is 0 Å².